The quantitative estimate of drug-likeness (QED) is 0.490. The standard InChI is InChI=1S/C22H25NO6S/c1-12-4-3-5-15-18(12)17(30-14-8-6-13(28-2)7-9-14)10-23(15)22-21(27)20(26)19(25)16(11-24)29-22/h3-10,16,19-22,24-27H,11H2,1-2H3/t16-,19-,20+,21-,22-/m1/s1. The summed E-state index contributed by atoms with van der Waals surface area (Å²) in [5, 5.41) is 41.5. The van der Waals surface area contributed by atoms with Gasteiger partial charge in [-0.3, -0.25) is 0 Å². The van der Waals surface area contributed by atoms with Crippen LogP contribution >= 0.6 is 11.8 Å². The number of aryl methyl sites for hydroxylation is 1. The van der Waals surface area contributed by atoms with E-state index < -0.39 is 37.3 Å². The smallest absolute Gasteiger partial charge is 0.163 e. The highest BCUT2D eigenvalue weighted by molar-refractivity contribution is 7.99. The van der Waals surface area contributed by atoms with Crippen molar-refractivity contribution in [3.63, 3.8) is 0 Å². The molecule has 0 saturated carbocycles. The lowest BCUT2D eigenvalue weighted by molar-refractivity contribution is -0.250. The second kappa shape index (κ2) is 8.58. The van der Waals surface area contributed by atoms with Crippen molar-refractivity contribution in [1.29, 1.82) is 0 Å². The van der Waals surface area contributed by atoms with Gasteiger partial charge in [-0.2, -0.15) is 0 Å². The van der Waals surface area contributed by atoms with Crippen LogP contribution in [0.3, 0.4) is 0 Å². The van der Waals surface area contributed by atoms with Gasteiger partial charge >= 0.3 is 0 Å². The zero-order valence-corrected chi connectivity index (χ0v) is 17.5. The van der Waals surface area contributed by atoms with E-state index in [1.807, 2.05) is 55.6 Å². The van der Waals surface area contributed by atoms with Crippen LogP contribution in [0.15, 0.2) is 58.5 Å². The van der Waals surface area contributed by atoms with Crippen LogP contribution in [0.4, 0.5) is 0 Å². The Hall–Kier alpha value is -2.07. The van der Waals surface area contributed by atoms with Gasteiger partial charge in [-0.25, -0.2) is 0 Å². The topological polar surface area (TPSA) is 104 Å². The Labute approximate surface area is 178 Å². The highest BCUT2D eigenvalue weighted by Crippen LogP contribution is 2.40. The molecule has 0 radical (unpaired) electrons. The number of rotatable bonds is 5. The van der Waals surface area contributed by atoms with Gasteiger partial charge in [0, 0.05) is 21.4 Å². The maximum absolute atomic E-state index is 10.6. The molecule has 0 unspecified atom stereocenters. The zero-order chi connectivity index (χ0) is 21.4. The van der Waals surface area contributed by atoms with Gasteiger partial charge in [0.05, 0.1) is 19.2 Å². The Balaban J connectivity index is 1.76. The van der Waals surface area contributed by atoms with Crippen LogP contribution in [0.5, 0.6) is 5.75 Å². The Morgan fingerprint density at radius 2 is 1.77 bits per heavy atom. The summed E-state index contributed by atoms with van der Waals surface area (Å²) in [4.78, 5) is 1.98. The molecule has 4 rings (SSSR count). The van der Waals surface area contributed by atoms with E-state index in [9.17, 15) is 20.4 Å². The normalized spacial score (nSPS) is 26.8. The predicted molar refractivity (Wildman–Crippen MR) is 113 cm³/mol. The van der Waals surface area contributed by atoms with E-state index in [1.54, 1.807) is 23.4 Å². The molecule has 0 spiro atoms. The molecule has 0 bridgehead atoms. The van der Waals surface area contributed by atoms with E-state index in [0.29, 0.717) is 0 Å². The molecule has 1 aliphatic heterocycles. The Kier molecular flexibility index (Phi) is 6.06. The van der Waals surface area contributed by atoms with E-state index in [1.165, 1.54) is 0 Å². The summed E-state index contributed by atoms with van der Waals surface area (Å²) >= 11 is 1.57. The number of nitrogens with zero attached hydrogens (tertiary/aromatic N) is 1. The van der Waals surface area contributed by atoms with Crippen molar-refractivity contribution in [2.75, 3.05) is 13.7 Å². The van der Waals surface area contributed by atoms with Crippen LogP contribution in [0.2, 0.25) is 0 Å². The molecule has 4 N–H and O–H groups in total. The third-order valence-corrected chi connectivity index (χ3v) is 6.50. The van der Waals surface area contributed by atoms with Gasteiger partial charge in [-0.15, -0.1) is 0 Å². The minimum absolute atomic E-state index is 0.465. The van der Waals surface area contributed by atoms with Gasteiger partial charge < -0.3 is 34.5 Å². The Morgan fingerprint density at radius 1 is 1.03 bits per heavy atom. The maximum atomic E-state index is 10.6. The number of aromatic nitrogens is 1. The molecule has 8 heteroatoms. The molecule has 1 aliphatic rings. The highest BCUT2D eigenvalue weighted by Gasteiger charge is 2.44. The number of benzene rings is 2. The van der Waals surface area contributed by atoms with E-state index in [2.05, 4.69) is 0 Å². The van der Waals surface area contributed by atoms with E-state index in [4.69, 9.17) is 9.47 Å². The lowest BCUT2D eigenvalue weighted by Crippen LogP contribution is -2.56. The van der Waals surface area contributed by atoms with Crippen molar-refractivity contribution in [2.45, 2.75) is 47.4 Å². The SMILES string of the molecule is COc1ccc(Sc2cn([C@@H]3O[C@H](CO)[C@@H](O)[C@H](O)[C@H]3O)c3cccc(C)c23)cc1. The van der Waals surface area contributed by atoms with Crippen LogP contribution in [-0.2, 0) is 4.74 Å². The summed E-state index contributed by atoms with van der Waals surface area (Å²) in [7, 11) is 1.62. The third-order valence-electron chi connectivity index (χ3n) is 5.46. The first-order valence-corrected chi connectivity index (χ1v) is 10.5. The van der Waals surface area contributed by atoms with Crippen molar-refractivity contribution in [3.8, 4) is 5.75 Å². The van der Waals surface area contributed by atoms with Gasteiger partial charge in [0.1, 0.15) is 30.2 Å². The van der Waals surface area contributed by atoms with Gasteiger partial charge in [-0.1, -0.05) is 23.9 Å². The second-order valence-corrected chi connectivity index (χ2v) is 8.48. The molecule has 1 saturated heterocycles. The highest BCUT2D eigenvalue weighted by atomic mass is 32.2. The van der Waals surface area contributed by atoms with Crippen LogP contribution in [0.25, 0.3) is 10.9 Å². The van der Waals surface area contributed by atoms with Crippen LogP contribution in [0.1, 0.15) is 11.8 Å². The minimum atomic E-state index is -1.43. The van der Waals surface area contributed by atoms with Crippen molar-refractivity contribution in [1.82, 2.24) is 4.57 Å². The molecule has 1 fully saturated rings. The third kappa shape index (κ3) is 3.71. The molecule has 1 aromatic heterocycles. The van der Waals surface area contributed by atoms with Crippen molar-refractivity contribution in [2.24, 2.45) is 0 Å². The number of aliphatic hydroxyl groups is 4. The lowest BCUT2D eigenvalue weighted by Gasteiger charge is -2.40. The molecular formula is C22H25NO6S. The number of hydrogen-bond acceptors (Lipinski definition) is 7. The fourth-order valence-electron chi connectivity index (χ4n) is 3.82. The van der Waals surface area contributed by atoms with Crippen LogP contribution in [-0.4, -0.2) is 63.1 Å². The molecule has 30 heavy (non-hydrogen) atoms. The van der Waals surface area contributed by atoms with Gasteiger partial charge in [0.25, 0.3) is 0 Å². The first kappa shape index (κ1) is 21.2. The molecule has 2 heterocycles. The van der Waals surface area contributed by atoms with Crippen molar-refractivity contribution >= 4 is 22.7 Å². The molecule has 2 aromatic carbocycles. The van der Waals surface area contributed by atoms with Crippen molar-refractivity contribution in [3.05, 3.63) is 54.2 Å². The average molecular weight is 432 g/mol. The summed E-state index contributed by atoms with van der Waals surface area (Å²) in [5.74, 6) is 0.777. The minimum Gasteiger partial charge on any atom is -0.497 e. The average Bonchev–Trinajstić information content (AvgIpc) is 3.12. The number of aliphatic hydroxyl groups excluding tert-OH is 4. The van der Waals surface area contributed by atoms with E-state index in [-0.39, 0.29) is 0 Å². The molecule has 7 nitrogen and oxygen atoms in total. The summed E-state index contributed by atoms with van der Waals surface area (Å²) in [5.41, 5.74) is 1.89. The lowest BCUT2D eigenvalue weighted by atomic mass is 9.98. The van der Waals surface area contributed by atoms with E-state index in [0.717, 1.165) is 32.0 Å². The van der Waals surface area contributed by atoms with Crippen LogP contribution < -0.4 is 4.74 Å². The van der Waals surface area contributed by atoms with Gasteiger partial charge in [0.2, 0.25) is 0 Å². The zero-order valence-electron chi connectivity index (χ0n) is 16.7. The van der Waals surface area contributed by atoms with Crippen LogP contribution in [0, 0.1) is 6.92 Å². The number of hydrogen-bond donors (Lipinski definition) is 4. The van der Waals surface area contributed by atoms with Crippen molar-refractivity contribution < 1.29 is 29.9 Å². The first-order chi connectivity index (χ1) is 14.4. The molecule has 3 aromatic rings. The molecular weight excluding hydrogens is 406 g/mol. The summed E-state index contributed by atoms with van der Waals surface area (Å²) in [6.45, 7) is 1.55. The second-order valence-electron chi connectivity index (χ2n) is 7.37. The maximum Gasteiger partial charge on any atom is 0.163 e. The monoisotopic (exact) mass is 431 g/mol. The largest absolute Gasteiger partial charge is 0.497 e. The first-order valence-electron chi connectivity index (χ1n) is 9.67. The van der Waals surface area contributed by atoms with E-state index >= 15 is 0 Å². The fourth-order valence-corrected chi connectivity index (χ4v) is 4.88. The summed E-state index contributed by atoms with van der Waals surface area (Å²) in [6, 6.07) is 13.6. The molecule has 0 aliphatic carbocycles. The molecule has 5 atom stereocenters. The van der Waals surface area contributed by atoms with Gasteiger partial charge in [0.15, 0.2) is 6.23 Å². The molecule has 160 valence electrons. The van der Waals surface area contributed by atoms with Gasteiger partial charge in [-0.05, 0) is 42.8 Å². The Bertz CT molecular complexity index is 1020. The number of methoxy groups -OCH3 is 1. The number of ether oxygens (including phenoxy) is 2. The summed E-state index contributed by atoms with van der Waals surface area (Å²) < 4.78 is 12.8. The molecule has 0 amide bonds. The fraction of sp³-hybridized carbons (Fsp3) is 0.364. The predicted octanol–water partition coefficient (Wildman–Crippen LogP) is 2.08. The number of fused-ring (bicyclic) bond motifs is 1. The Morgan fingerprint density at radius 3 is 2.43 bits per heavy atom. The summed E-state index contributed by atoms with van der Waals surface area (Å²) in [6.07, 6.45) is -4.21.